The topological polar surface area (TPSA) is 108 Å². The molecule has 0 fully saturated rings. The van der Waals surface area contributed by atoms with Gasteiger partial charge in [-0.3, -0.25) is 19.6 Å². The Kier molecular flexibility index (Phi) is 9.74. The molecule has 3 amide bonds. The first-order valence-corrected chi connectivity index (χ1v) is 9.81. The Balaban J connectivity index is 3.04. The first-order valence-electron chi connectivity index (χ1n) is 8.93. The molecule has 0 spiro atoms. The summed E-state index contributed by atoms with van der Waals surface area (Å²) in [4.78, 5) is 38.3. The molecule has 1 rings (SSSR count). The summed E-state index contributed by atoms with van der Waals surface area (Å²) in [6.07, 6.45) is 2.60. The second kappa shape index (κ2) is 11.5. The number of hydrogen-bond donors (Lipinski definition) is 4. The van der Waals surface area contributed by atoms with Crippen LogP contribution in [-0.4, -0.2) is 36.0 Å². The Bertz CT molecular complexity index is 631. The number of rotatable bonds is 11. The van der Waals surface area contributed by atoms with E-state index in [4.69, 9.17) is 5.21 Å². The minimum Gasteiger partial charge on any atom is -0.357 e. The predicted octanol–water partition coefficient (Wildman–Crippen LogP) is 1.88. The number of hydrogen-bond acceptors (Lipinski definition) is 5. The molecule has 0 radical (unpaired) electrons. The molecule has 150 valence electrons. The van der Waals surface area contributed by atoms with Gasteiger partial charge in [0.1, 0.15) is 6.04 Å². The molecule has 27 heavy (non-hydrogen) atoms. The number of thiophene rings is 1. The summed E-state index contributed by atoms with van der Waals surface area (Å²) < 4.78 is 0. The highest BCUT2D eigenvalue weighted by molar-refractivity contribution is 7.09. The van der Waals surface area contributed by atoms with Crippen LogP contribution in [-0.2, 0) is 20.8 Å². The molecule has 0 aliphatic rings. The van der Waals surface area contributed by atoms with E-state index in [1.54, 1.807) is 11.6 Å². The van der Waals surface area contributed by atoms with Crippen LogP contribution in [0.4, 0.5) is 0 Å². The van der Waals surface area contributed by atoms with Crippen LogP contribution < -0.4 is 16.1 Å². The van der Waals surface area contributed by atoms with Crippen LogP contribution in [0, 0.1) is 17.8 Å². The number of carbonyl (C=O) groups is 3. The lowest BCUT2D eigenvalue weighted by Crippen LogP contribution is -2.51. The Labute approximate surface area is 164 Å². The van der Waals surface area contributed by atoms with Crippen molar-refractivity contribution in [1.82, 2.24) is 16.1 Å². The summed E-state index contributed by atoms with van der Waals surface area (Å²) in [5, 5.41) is 16.3. The van der Waals surface area contributed by atoms with Gasteiger partial charge >= 0.3 is 0 Å². The fraction of sp³-hybridized carbons (Fsp3) is 0.526. The zero-order valence-corrected chi connectivity index (χ0v) is 16.8. The lowest BCUT2D eigenvalue weighted by molar-refractivity contribution is -0.141. The Morgan fingerprint density at radius 1 is 1.22 bits per heavy atom. The minimum atomic E-state index is -0.762. The van der Waals surface area contributed by atoms with Crippen LogP contribution in [0.2, 0.25) is 0 Å². The lowest BCUT2D eigenvalue weighted by Gasteiger charge is -2.27. The molecule has 7 nitrogen and oxygen atoms in total. The van der Waals surface area contributed by atoms with E-state index in [1.807, 2.05) is 31.4 Å². The summed E-state index contributed by atoms with van der Waals surface area (Å²) in [5.74, 6) is -2.62. The van der Waals surface area contributed by atoms with Crippen molar-refractivity contribution in [2.24, 2.45) is 17.8 Å². The standard InChI is InChI=1S/C19H29N3O4S/c1-5-7-14(18(24)22-26)15(10-12(2)3)17(23)21-16(19(25)20-4)11-13-8-6-9-27-13/h5-6,8-9,12,14-16,26H,1,7,10-11H2,2-4H3,(H,20,25)(H,21,23)(H,22,24)/t14-,15+,16-/m0/s1. The van der Waals surface area contributed by atoms with Gasteiger partial charge in [-0.2, -0.15) is 0 Å². The zero-order chi connectivity index (χ0) is 20.4. The number of carbonyl (C=O) groups excluding carboxylic acids is 3. The molecule has 0 bridgehead atoms. The number of allylic oxidation sites excluding steroid dienone is 1. The van der Waals surface area contributed by atoms with E-state index >= 15 is 0 Å². The van der Waals surface area contributed by atoms with Crippen molar-refractivity contribution in [3.8, 4) is 0 Å². The van der Waals surface area contributed by atoms with Gasteiger partial charge < -0.3 is 10.6 Å². The maximum atomic E-state index is 13.0. The van der Waals surface area contributed by atoms with E-state index in [-0.39, 0.29) is 24.2 Å². The maximum Gasteiger partial charge on any atom is 0.247 e. The highest BCUT2D eigenvalue weighted by atomic mass is 32.1. The van der Waals surface area contributed by atoms with Crippen molar-refractivity contribution >= 4 is 29.1 Å². The monoisotopic (exact) mass is 395 g/mol. The number of amides is 3. The molecule has 4 N–H and O–H groups in total. The molecule has 3 atom stereocenters. The van der Waals surface area contributed by atoms with Crippen molar-refractivity contribution in [2.45, 2.75) is 39.2 Å². The molecular weight excluding hydrogens is 366 g/mol. The molecule has 1 aromatic heterocycles. The number of nitrogens with one attached hydrogen (secondary N) is 3. The van der Waals surface area contributed by atoms with Crippen LogP contribution in [0.5, 0.6) is 0 Å². The van der Waals surface area contributed by atoms with Gasteiger partial charge in [-0.25, -0.2) is 5.48 Å². The molecule has 0 saturated carbocycles. The summed E-state index contributed by atoms with van der Waals surface area (Å²) in [6, 6.07) is 3.05. The van der Waals surface area contributed by atoms with Crippen LogP contribution in [0.1, 0.15) is 31.6 Å². The highest BCUT2D eigenvalue weighted by Gasteiger charge is 2.35. The Hall–Kier alpha value is -2.19. The first kappa shape index (κ1) is 22.9. The second-order valence-corrected chi connectivity index (χ2v) is 7.83. The summed E-state index contributed by atoms with van der Waals surface area (Å²) >= 11 is 1.51. The summed E-state index contributed by atoms with van der Waals surface area (Å²) in [6.45, 7) is 7.53. The van der Waals surface area contributed by atoms with Gasteiger partial charge in [0.2, 0.25) is 17.7 Å². The van der Waals surface area contributed by atoms with Gasteiger partial charge in [0.25, 0.3) is 0 Å². The van der Waals surface area contributed by atoms with Gasteiger partial charge in [0.05, 0.1) is 11.8 Å². The molecule has 0 aliphatic heterocycles. The number of hydroxylamine groups is 1. The fourth-order valence-corrected chi connectivity index (χ4v) is 3.72. The molecule has 8 heteroatoms. The van der Waals surface area contributed by atoms with Crippen molar-refractivity contribution in [1.29, 1.82) is 0 Å². The summed E-state index contributed by atoms with van der Waals surface area (Å²) in [5.41, 5.74) is 1.64. The minimum absolute atomic E-state index is 0.148. The normalized spacial score (nSPS) is 14.1. The Morgan fingerprint density at radius 3 is 2.41 bits per heavy atom. The van der Waals surface area contributed by atoms with Gasteiger partial charge in [-0.15, -0.1) is 17.9 Å². The second-order valence-electron chi connectivity index (χ2n) is 6.80. The lowest BCUT2D eigenvalue weighted by atomic mass is 9.82. The SMILES string of the molecule is C=CC[C@H](C(=O)NO)[C@@H](CC(C)C)C(=O)N[C@@H](Cc1cccs1)C(=O)NC. The third-order valence-electron chi connectivity index (χ3n) is 4.28. The molecule has 0 saturated heterocycles. The third kappa shape index (κ3) is 7.15. The first-order chi connectivity index (χ1) is 12.8. The van der Waals surface area contributed by atoms with Crippen molar-refractivity contribution in [2.75, 3.05) is 7.05 Å². The Morgan fingerprint density at radius 2 is 1.93 bits per heavy atom. The van der Waals surface area contributed by atoms with Crippen molar-refractivity contribution in [3.63, 3.8) is 0 Å². The van der Waals surface area contributed by atoms with Crippen molar-refractivity contribution < 1.29 is 19.6 Å². The average molecular weight is 396 g/mol. The zero-order valence-electron chi connectivity index (χ0n) is 16.0. The smallest absolute Gasteiger partial charge is 0.247 e. The van der Waals surface area contributed by atoms with Crippen LogP contribution in [0.15, 0.2) is 30.2 Å². The summed E-state index contributed by atoms with van der Waals surface area (Å²) in [7, 11) is 1.52. The predicted molar refractivity (Wildman–Crippen MR) is 105 cm³/mol. The van der Waals surface area contributed by atoms with Crippen LogP contribution in [0.3, 0.4) is 0 Å². The van der Waals surface area contributed by atoms with E-state index in [1.165, 1.54) is 18.4 Å². The van der Waals surface area contributed by atoms with Crippen LogP contribution >= 0.6 is 11.3 Å². The fourth-order valence-electron chi connectivity index (χ4n) is 2.97. The van der Waals surface area contributed by atoms with Gasteiger partial charge in [-0.1, -0.05) is 26.0 Å². The molecule has 1 heterocycles. The quantitative estimate of drug-likeness (QED) is 0.261. The number of likely N-dealkylation sites (N-methyl/N-ethyl adjacent to an activating group) is 1. The molecule has 0 aromatic carbocycles. The van der Waals surface area contributed by atoms with E-state index in [9.17, 15) is 14.4 Å². The largest absolute Gasteiger partial charge is 0.357 e. The third-order valence-corrected chi connectivity index (χ3v) is 5.18. The van der Waals surface area contributed by atoms with Crippen LogP contribution in [0.25, 0.3) is 0 Å². The van der Waals surface area contributed by atoms with E-state index in [0.717, 1.165) is 4.88 Å². The van der Waals surface area contributed by atoms with Crippen molar-refractivity contribution in [3.05, 3.63) is 35.0 Å². The molecule has 0 unspecified atom stereocenters. The molecule has 0 aliphatic carbocycles. The molecule has 1 aromatic rings. The van der Waals surface area contributed by atoms with E-state index in [0.29, 0.717) is 12.8 Å². The maximum absolute atomic E-state index is 13.0. The average Bonchev–Trinajstić information content (AvgIpc) is 3.15. The highest BCUT2D eigenvalue weighted by Crippen LogP contribution is 2.25. The van der Waals surface area contributed by atoms with E-state index in [2.05, 4.69) is 17.2 Å². The van der Waals surface area contributed by atoms with Gasteiger partial charge in [0.15, 0.2) is 0 Å². The van der Waals surface area contributed by atoms with E-state index < -0.39 is 23.8 Å². The van der Waals surface area contributed by atoms with Gasteiger partial charge in [0, 0.05) is 18.3 Å². The molecular formula is C19H29N3O4S. The van der Waals surface area contributed by atoms with Gasteiger partial charge in [-0.05, 0) is 30.2 Å².